The molecule has 1 aliphatic carbocycles. The predicted molar refractivity (Wildman–Crippen MR) is 226 cm³/mol. The SMILES string of the molecule is COc1cc(Cn2ncc3c(-c4cccc(-c5ccc(CN(C)C[C@@H]6CCC(=O)N6)c(OC)c5)c4Cl)cccc32)c(Cl)cc1CN(C)CC1CCC(C(=O)O)CC1. The van der Waals surface area contributed by atoms with Crippen LogP contribution in [-0.4, -0.2) is 84.0 Å². The van der Waals surface area contributed by atoms with E-state index in [0.29, 0.717) is 42.0 Å². The van der Waals surface area contributed by atoms with Gasteiger partial charge in [0.1, 0.15) is 11.5 Å². The minimum Gasteiger partial charge on any atom is -0.496 e. The lowest BCUT2D eigenvalue weighted by atomic mass is 9.82. The van der Waals surface area contributed by atoms with Crippen LogP contribution in [0, 0.1) is 11.8 Å². The first-order valence-electron chi connectivity index (χ1n) is 19.7. The van der Waals surface area contributed by atoms with Crippen molar-refractivity contribution in [2.45, 2.75) is 64.2 Å². The van der Waals surface area contributed by atoms with E-state index in [1.807, 2.05) is 53.3 Å². The highest BCUT2D eigenvalue weighted by Gasteiger charge is 2.27. The molecular formula is C45H51Cl2N5O5. The van der Waals surface area contributed by atoms with Crippen molar-refractivity contribution < 1.29 is 24.2 Å². The number of carboxylic acid groups (broad SMARTS) is 1. The second kappa shape index (κ2) is 17.9. The molecule has 4 aromatic carbocycles. The van der Waals surface area contributed by atoms with E-state index in [9.17, 15) is 14.7 Å². The number of halogens is 2. The Kier molecular flexibility index (Phi) is 12.7. The van der Waals surface area contributed by atoms with Crippen molar-refractivity contribution >= 4 is 46.0 Å². The molecule has 2 aliphatic rings. The first-order chi connectivity index (χ1) is 27.5. The standard InChI is InChI=1S/C45H51Cl2N5O5/c1-50(23-28-11-13-29(14-12-28)45(54)55)25-33-19-39(46)32(21-42(33)57-4)26-52-40-10-6-8-36(38(40)22-48-52)37-9-5-7-35(44(37)47)30-15-16-31(41(20-30)56-3)24-51(2)27-34-17-18-43(53)49-34/h5-10,15-16,19-22,28-29,34H,11-14,17-18,23-27H2,1-4H3,(H,49,53)(H,54,55)/t28?,29?,34-/m0/s1. The number of hydrogen-bond donors (Lipinski definition) is 2. The highest BCUT2D eigenvalue weighted by Crippen LogP contribution is 2.41. The zero-order chi connectivity index (χ0) is 40.2. The Hall–Kier alpha value is -4.61. The van der Waals surface area contributed by atoms with Crippen LogP contribution >= 0.6 is 23.2 Å². The molecule has 0 unspecified atom stereocenters. The number of fused-ring (bicyclic) bond motifs is 1. The Labute approximate surface area is 344 Å². The fourth-order valence-corrected chi connectivity index (χ4v) is 9.22. The van der Waals surface area contributed by atoms with E-state index in [1.165, 1.54) is 0 Å². The van der Waals surface area contributed by atoms with Gasteiger partial charge in [-0.1, -0.05) is 65.7 Å². The van der Waals surface area contributed by atoms with Crippen molar-refractivity contribution in [1.82, 2.24) is 24.9 Å². The van der Waals surface area contributed by atoms with Gasteiger partial charge >= 0.3 is 5.97 Å². The van der Waals surface area contributed by atoms with Gasteiger partial charge in [0.15, 0.2) is 0 Å². The molecule has 1 saturated heterocycles. The molecule has 5 aromatic rings. The number of carboxylic acids is 1. The number of rotatable bonds is 15. The Morgan fingerprint density at radius 2 is 1.53 bits per heavy atom. The van der Waals surface area contributed by atoms with Crippen LogP contribution in [0.4, 0.5) is 0 Å². The largest absolute Gasteiger partial charge is 0.496 e. The summed E-state index contributed by atoms with van der Waals surface area (Å²) in [6, 6.07) is 22.7. The van der Waals surface area contributed by atoms with Gasteiger partial charge < -0.3 is 24.8 Å². The summed E-state index contributed by atoms with van der Waals surface area (Å²) in [6.07, 6.45) is 6.70. The summed E-state index contributed by atoms with van der Waals surface area (Å²) in [7, 11) is 7.52. The molecule has 0 radical (unpaired) electrons. The van der Waals surface area contributed by atoms with Crippen molar-refractivity contribution in [3.8, 4) is 33.8 Å². The van der Waals surface area contributed by atoms with Crippen molar-refractivity contribution in [2.75, 3.05) is 41.4 Å². The Balaban J connectivity index is 1.07. The molecule has 1 saturated carbocycles. The van der Waals surface area contributed by atoms with Gasteiger partial charge in [-0.05, 0) is 93.1 Å². The van der Waals surface area contributed by atoms with Crippen LogP contribution in [0.2, 0.25) is 10.0 Å². The number of methoxy groups -OCH3 is 2. The fourth-order valence-electron chi connectivity index (χ4n) is 8.64. The van der Waals surface area contributed by atoms with E-state index in [1.54, 1.807) is 14.2 Å². The summed E-state index contributed by atoms with van der Waals surface area (Å²) >= 11 is 14.2. The van der Waals surface area contributed by atoms with Gasteiger partial charge in [-0.15, -0.1) is 0 Å². The number of carbonyl (C=O) groups is 2. The molecule has 300 valence electrons. The molecule has 0 spiro atoms. The first kappa shape index (κ1) is 40.6. The van der Waals surface area contributed by atoms with E-state index in [0.717, 1.165) is 107 Å². The van der Waals surface area contributed by atoms with Crippen molar-refractivity contribution in [2.24, 2.45) is 11.8 Å². The van der Waals surface area contributed by atoms with Gasteiger partial charge in [0.2, 0.25) is 5.91 Å². The highest BCUT2D eigenvalue weighted by molar-refractivity contribution is 6.36. The Bertz CT molecular complexity index is 2250. The number of nitrogens with zero attached hydrogens (tertiary/aromatic N) is 4. The molecule has 57 heavy (non-hydrogen) atoms. The maximum atomic E-state index is 11.7. The monoisotopic (exact) mass is 811 g/mol. The summed E-state index contributed by atoms with van der Waals surface area (Å²) in [6.45, 7) is 3.49. The average Bonchev–Trinajstić information content (AvgIpc) is 3.81. The quantitative estimate of drug-likeness (QED) is 0.108. The fraction of sp³-hybridized carbons (Fsp3) is 0.400. The zero-order valence-electron chi connectivity index (χ0n) is 33.1. The smallest absolute Gasteiger partial charge is 0.306 e. The molecule has 2 fully saturated rings. The number of carbonyl (C=O) groups excluding carboxylic acids is 1. The maximum Gasteiger partial charge on any atom is 0.306 e. The van der Waals surface area contributed by atoms with Crippen LogP contribution in [-0.2, 0) is 29.2 Å². The molecular weight excluding hydrogens is 761 g/mol. The Morgan fingerprint density at radius 1 is 0.842 bits per heavy atom. The van der Waals surface area contributed by atoms with Crippen LogP contribution < -0.4 is 14.8 Å². The summed E-state index contributed by atoms with van der Waals surface area (Å²) in [4.78, 5) is 27.5. The molecule has 7 rings (SSSR count). The molecule has 12 heteroatoms. The second-order valence-corrected chi connectivity index (χ2v) is 16.5. The lowest BCUT2D eigenvalue weighted by Crippen LogP contribution is -2.36. The number of hydrogen-bond acceptors (Lipinski definition) is 7. The maximum absolute atomic E-state index is 11.7. The van der Waals surface area contributed by atoms with E-state index < -0.39 is 5.97 Å². The van der Waals surface area contributed by atoms with Crippen LogP contribution in [0.3, 0.4) is 0 Å². The number of aliphatic carboxylic acids is 1. The van der Waals surface area contributed by atoms with E-state index in [4.69, 9.17) is 37.8 Å². The molecule has 0 bridgehead atoms. The third kappa shape index (κ3) is 9.25. The van der Waals surface area contributed by atoms with Crippen molar-refractivity contribution in [1.29, 1.82) is 0 Å². The van der Waals surface area contributed by atoms with Crippen LogP contribution in [0.5, 0.6) is 11.5 Å². The molecule has 1 aromatic heterocycles. The average molecular weight is 813 g/mol. The van der Waals surface area contributed by atoms with Gasteiger partial charge in [0.05, 0.1) is 43.4 Å². The number of benzene rings is 4. The van der Waals surface area contributed by atoms with Gasteiger partial charge in [0.25, 0.3) is 0 Å². The zero-order valence-corrected chi connectivity index (χ0v) is 34.6. The second-order valence-electron chi connectivity index (χ2n) is 15.7. The third-order valence-corrected chi connectivity index (χ3v) is 12.4. The molecule has 2 N–H and O–H groups in total. The Morgan fingerprint density at radius 3 is 2.25 bits per heavy atom. The van der Waals surface area contributed by atoms with Gasteiger partial charge in [-0.3, -0.25) is 19.2 Å². The van der Waals surface area contributed by atoms with Crippen molar-refractivity contribution in [3.63, 3.8) is 0 Å². The number of ether oxygens (including phenoxy) is 2. The highest BCUT2D eigenvalue weighted by atomic mass is 35.5. The number of nitrogens with one attached hydrogen (secondary N) is 1. The molecule has 1 aliphatic heterocycles. The summed E-state index contributed by atoms with van der Waals surface area (Å²) in [5.74, 6) is 1.28. The number of aromatic nitrogens is 2. The minimum atomic E-state index is -0.673. The van der Waals surface area contributed by atoms with Crippen molar-refractivity contribution in [3.05, 3.63) is 99.7 Å². The number of amides is 1. The molecule has 10 nitrogen and oxygen atoms in total. The normalized spacial score (nSPS) is 18.4. The lowest BCUT2D eigenvalue weighted by molar-refractivity contribution is -0.143. The summed E-state index contributed by atoms with van der Waals surface area (Å²) < 4.78 is 13.7. The van der Waals surface area contributed by atoms with Crippen LogP contribution in [0.25, 0.3) is 33.2 Å². The third-order valence-electron chi connectivity index (χ3n) is 11.6. The predicted octanol–water partition coefficient (Wildman–Crippen LogP) is 8.78. The topological polar surface area (TPSA) is 109 Å². The van der Waals surface area contributed by atoms with E-state index >= 15 is 0 Å². The first-order valence-corrected chi connectivity index (χ1v) is 20.4. The summed E-state index contributed by atoms with van der Waals surface area (Å²) in [5.41, 5.74) is 7.67. The van der Waals surface area contributed by atoms with Crippen LogP contribution in [0.1, 0.15) is 55.2 Å². The van der Waals surface area contributed by atoms with Gasteiger partial charge in [-0.25, -0.2) is 0 Å². The summed E-state index contributed by atoms with van der Waals surface area (Å²) in [5, 5.41) is 19.5. The van der Waals surface area contributed by atoms with E-state index in [2.05, 4.69) is 53.5 Å². The molecule has 1 amide bonds. The van der Waals surface area contributed by atoms with Gasteiger partial charge in [0, 0.05) is 71.3 Å². The minimum absolute atomic E-state index is 0.124. The number of likely N-dealkylation sites (N-methyl/N-ethyl adjacent to an activating group) is 1. The molecule has 1 atom stereocenters. The lowest BCUT2D eigenvalue weighted by Gasteiger charge is -2.30. The molecule has 2 heterocycles. The van der Waals surface area contributed by atoms with Gasteiger partial charge in [-0.2, -0.15) is 5.10 Å². The van der Waals surface area contributed by atoms with E-state index in [-0.39, 0.29) is 17.9 Å². The van der Waals surface area contributed by atoms with Crippen LogP contribution in [0.15, 0.2) is 72.9 Å².